The fourth-order valence-electron chi connectivity index (χ4n) is 4.13. The molecule has 1 N–H and O–H groups in total. The van der Waals surface area contributed by atoms with Gasteiger partial charge in [-0.1, -0.05) is 35.9 Å². The highest BCUT2D eigenvalue weighted by Crippen LogP contribution is 2.46. The molecule has 1 spiro atoms. The smallest absolute Gasteiger partial charge is 0.123 e. The van der Waals surface area contributed by atoms with Crippen molar-refractivity contribution in [1.82, 2.24) is 5.32 Å². The predicted octanol–water partition coefficient (Wildman–Crippen LogP) is 4.63. The fraction of sp³-hybridized carbons (Fsp3) is 0.333. The fourth-order valence-corrected chi connectivity index (χ4v) is 4.26. The molecule has 2 aliphatic rings. The predicted molar refractivity (Wildman–Crippen MR) is 103 cm³/mol. The van der Waals surface area contributed by atoms with Crippen molar-refractivity contribution in [3.05, 3.63) is 70.5 Å². The van der Waals surface area contributed by atoms with Gasteiger partial charge < -0.3 is 10.2 Å². The number of rotatable bonds is 3. The summed E-state index contributed by atoms with van der Waals surface area (Å²) in [6.45, 7) is 3.81. The average Bonchev–Trinajstić information content (AvgIpc) is 2.90. The van der Waals surface area contributed by atoms with Gasteiger partial charge in [-0.15, -0.1) is 0 Å². The summed E-state index contributed by atoms with van der Waals surface area (Å²) < 4.78 is 13.9. The number of hydrogen-bond acceptors (Lipinski definition) is 2. The van der Waals surface area contributed by atoms with Crippen molar-refractivity contribution >= 4 is 23.4 Å². The summed E-state index contributed by atoms with van der Waals surface area (Å²) in [4.78, 5) is 2.38. The molecule has 25 heavy (non-hydrogen) atoms. The second-order valence-corrected chi connectivity index (χ2v) is 7.46. The molecule has 2 nitrogen and oxygen atoms in total. The highest BCUT2D eigenvalue weighted by atomic mass is 35.5. The van der Waals surface area contributed by atoms with Crippen LogP contribution in [0.4, 0.5) is 10.1 Å². The van der Waals surface area contributed by atoms with Crippen molar-refractivity contribution in [3.63, 3.8) is 0 Å². The number of nitrogens with zero attached hydrogens (tertiary/aromatic N) is 1. The van der Waals surface area contributed by atoms with Crippen LogP contribution >= 0.6 is 11.6 Å². The molecule has 4 heteroatoms. The van der Waals surface area contributed by atoms with E-state index in [9.17, 15) is 4.39 Å². The largest absolute Gasteiger partial charge is 0.367 e. The number of hydrogen-bond donors (Lipinski definition) is 1. The molecule has 0 saturated carbocycles. The summed E-state index contributed by atoms with van der Waals surface area (Å²) >= 11 is 5.93. The Kier molecular flexibility index (Phi) is 4.53. The van der Waals surface area contributed by atoms with Crippen LogP contribution in [0.25, 0.3) is 6.08 Å². The lowest BCUT2D eigenvalue weighted by Crippen LogP contribution is -2.43. The Hall–Kier alpha value is -1.84. The molecular weight excluding hydrogens is 335 g/mol. The molecule has 1 fully saturated rings. The van der Waals surface area contributed by atoms with Gasteiger partial charge in [-0.3, -0.25) is 0 Å². The lowest BCUT2D eigenvalue weighted by atomic mass is 9.75. The Morgan fingerprint density at radius 1 is 1.12 bits per heavy atom. The van der Waals surface area contributed by atoms with Crippen LogP contribution in [0.2, 0.25) is 5.02 Å². The van der Waals surface area contributed by atoms with Crippen LogP contribution < -0.4 is 10.2 Å². The first-order valence-electron chi connectivity index (χ1n) is 8.84. The van der Waals surface area contributed by atoms with Gasteiger partial charge in [-0.25, -0.2) is 4.39 Å². The van der Waals surface area contributed by atoms with E-state index in [0.717, 1.165) is 49.6 Å². The van der Waals surface area contributed by atoms with Gasteiger partial charge in [-0.2, -0.15) is 0 Å². The maximum atomic E-state index is 13.9. The molecule has 0 aromatic heterocycles. The lowest BCUT2D eigenvalue weighted by molar-refractivity contribution is 0.326. The molecular formula is C21H22ClFN2. The lowest BCUT2D eigenvalue weighted by Gasteiger charge is -2.34. The molecule has 0 bridgehead atoms. The molecule has 0 amide bonds. The summed E-state index contributed by atoms with van der Waals surface area (Å²) in [5.41, 5.74) is 3.61. The van der Waals surface area contributed by atoms with Gasteiger partial charge in [0, 0.05) is 29.2 Å². The van der Waals surface area contributed by atoms with Crippen molar-refractivity contribution < 1.29 is 4.39 Å². The molecule has 0 atom stereocenters. The highest BCUT2D eigenvalue weighted by Gasteiger charge is 2.43. The molecule has 2 aromatic carbocycles. The molecule has 0 aliphatic carbocycles. The monoisotopic (exact) mass is 356 g/mol. The van der Waals surface area contributed by atoms with Crippen molar-refractivity contribution in [3.8, 4) is 0 Å². The van der Waals surface area contributed by atoms with Gasteiger partial charge in [-0.05, 0) is 67.4 Å². The van der Waals surface area contributed by atoms with E-state index in [4.69, 9.17) is 11.6 Å². The molecule has 1 saturated heterocycles. The Bertz CT molecular complexity index is 779. The minimum Gasteiger partial charge on any atom is -0.367 e. The van der Waals surface area contributed by atoms with E-state index in [1.165, 1.54) is 11.3 Å². The number of piperidine rings is 1. The molecule has 2 aliphatic heterocycles. The first kappa shape index (κ1) is 16.6. The van der Waals surface area contributed by atoms with Crippen molar-refractivity contribution in [1.29, 1.82) is 0 Å². The van der Waals surface area contributed by atoms with Crippen LogP contribution in [0.5, 0.6) is 0 Å². The van der Waals surface area contributed by atoms with E-state index in [1.54, 1.807) is 12.1 Å². The van der Waals surface area contributed by atoms with Gasteiger partial charge >= 0.3 is 0 Å². The Labute approximate surface area is 153 Å². The first-order chi connectivity index (χ1) is 12.2. The zero-order chi connectivity index (χ0) is 17.3. The van der Waals surface area contributed by atoms with Gasteiger partial charge in [0.05, 0.1) is 0 Å². The summed E-state index contributed by atoms with van der Waals surface area (Å²) in [5, 5.41) is 4.18. The highest BCUT2D eigenvalue weighted by molar-refractivity contribution is 6.30. The molecule has 2 heterocycles. The molecule has 2 aromatic rings. The van der Waals surface area contributed by atoms with Crippen LogP contribution in [0.1, 0.15) is 24.0 Å². The molecule has 0 radical (unpaired) electrons. The average molecular weight is 357 g/mol. The Morgan fingerprint density at radius 2 is 1.88 bits per heavy atom. The summed E-state index contributed by atoms with van der Waals surface area (Å²) in [5.74, 6) is -0.129. The zero-order valence-corrected chi connectivity index (χ0v) is 14.9. The standard InChI is InChI=1S/C21H22ClFN2/c22-17-5-3-16(4-6-17)2-1-13-25-15-21(9-11-24-12-10-21)19-14-18(23)7-8-20(19)25/h1-8,14,24H,9-13,15H2/b2-1+. The normalized spacial score (nSPS) is 18.9. The maximum Gasteiger partial charge on any atom is 0.123 e. The third-order valence-electron chi connectivity index (χ3n) is 5.43. The van der Waals surface area contributed by atoms with Crippen LogP contribution in [-0.2, 0) is 5.41 Å². The molecule has 0 unspecified atom stereocenters. The number of anilines is 1. The number of benzene rings is 2. The maximum absolute atomic E-state index is 13.9. The second-order valence-electron chi connectivity index (χ2n) is 7.03. The van der Waals surface area contributed by atoms with Crippen molar-refractivity contribution in [2.45, 2.75) is 18.3 Å². The van der Waals surface area contributed by atoms with E-state index in [1.807, 2.05) is 30.3 Å². The minimum atomic E-state index is -0.129. The van der Waals surface area contributed by atoms with Gasteiger partial charge in [0.1, 0.15) is 5.82 Å². The van der Waals surface area contributed by atoms with Crippen molar-refractivity contribution in [2.75, 3.05) is 31.1 Å². The van der Waals surface area contributed by atoms with Crippen LogP contribution in [0, 0.1) is 5.82 Å². The quantitative estimate of drug-likeness (QED) is 0.862. The molecule has 4 rings (SSSR count). The van der Waals surface area contributed by atoms with Gasteiger partial charge in [0.25, 0.3) is 0 Å². The van der Waals surface area contributed by atoms with Crippen LogP contribution in [0.3, 0.4) is 0 Å². The first-order valence-corrected chi connectivity index (χ1v) is 9.22. The van der Waals surface area contributed by atoms with Crippen molar-refractivity contribution in [2.24, 2.45) is 0 Å². The second kappa shape index (κ2) is 6.81. The third kappa shape index (κ3) is 3.31. The number of nitrogens with one attached hydrogen (secondary N) is 1. The zero-order valence-electron chi connectivity index (χ0n) is 14.1. The van der Waals surface area contributed by atoms with Crippen LogP contribution in [0.15, 0.2) is 48.5 Å². The summed E-state index contributed by atoms with van der Waals surface area (Å²) in [6, 6.07) is 13.1. The van der Waals surface area contributed by atoms with E-state index >= 15 is 0 Å². The summed E-state index contributed by atoms with van der Waals surface area (Å²) in [6.07, 6.45) is 6.44. The van der Waals surface area contributed by atoms with E-state index in [2.05, 4.69) is 22.4 Å². The Morgan fingerprint density at radius 3 is 2.64 bits per heavy atom. The van der Waals surface area contributed by atoms with Gasteiger partial charge in [0.15, 0.2) is 0 Å². The third-order valence-corrected chi connectivity index (χ3v) is 5.68. The van der Waals surface area contributed by atoms with Gasteiger partial charge in [0.2, 0.25) is 0 Å². The minimum absolute atomic E-state index is 0.0940. The number of halogens is 2. The SMILES string of the molecule is Fc1ccc2c(c1)C1(CCNCC1)CN2C/C=C/c1ccc(Cl)cc1. The Balaban J connectivity index is 1.56. The number of fused-ring (bicyclic) bond motifs is 2. The van der Waals surface area contributed by atoms with Crippen LogP contribution in [-0.4, -0.2) is 26.2 Å². The molecule has 130 valence electrons. The topological polar surface area (TPSA) is 15.3 Å². The van der Waals surface area contributed by atoms with E-state index in [-0.39, 0.29) is 11.2 Å². The van der Waals surface area contributed by atoms with E-state index in [0.29, 0.717) is 0 Å². The van der Waals surface area contributed by atoms with E-state index < -0.39 is 0 Å². The summed E-state index contributed by atoms with van der Waals surface area (Å²) in [7, 11) is 0.